The van der Waals surface area contributed by atoms with Crippen molar-refractivity contribution in [3.8, 4) is 0 Å². The number of aromatic nitrogens is 1. The summed E-state index contributed by atoms with van der Waals surface area (Å²) in [7, 11) is 0. The van der Waals surface area contributed by atoms with E-state index in [1.54, 1.807) is 0 Å². The molecule has 0 bridgehead atoms. The zero-order valence-electron chi connectivity index (χ0n) is 7.53. The lowest BCUT2D eigenvalue weighted by atomic mass is 10.1. The summed E-state index contributed by atoms with van der Waals surface area (Å²) in [5.41, 5.74) is 10.1. The number of hydrogen-bond donors (Lipinski definition) is 1. The second-order valence-corrected chi connectivity index (χ2v) is 2.83. The minimum Gasteiger partial charge on any atom is -0.326 e. The summed E-state index contributed by atoms with van der Waals surface area (Å²) >= 11 is 0. The van der Waals surface area contributed by atoms with E-state index >= 15 is 0 Å². The van der Waals surface area contributed by atoms with Crippen molar-refractivity contribution in [1.29, 1.82) is 0 Å². The van der Waals surface area contributed by atoms with Gasteiger partial charge < -0.3 is 4.98 Å². The fourth-order valence-corrected chi connectivity index (χ4v) is 1.18. The van der Waals surface area contributed by atoms with Crippen molar-refractivity contribution in [3.63, 3.8) is 0 Å². The Balaban J connectivity index is 0.00000169. The second-order valence-electron chi connectivity index (χ2n) is 2.83. The number of pyridine rings is 1. The zero-order valence-corrected chi connectivity index (χ0v) is 7.53. The molecule has 0 fully saturated rings. The highest BCUT2D eigenvalue weighted by Crippen LogP contribution is 2.04. The van der Waals surface area contributed by atoms with Crippen LogP contribution < -0.4 is 5.56 Å². The first kappa shape index (κ1) is 12.3. The maximum atomic E-state index is 11.3. The minimum atomic E-state index is -0.176. The van der Waals surface area contributed by atoms with Crippen LogP contribution in [0, 0.1) is 13.8 Å². The summed E-state index contributed by atoms with van der Waals surface area (Å²) in [4.78, 5) is 16.6. The van der Waals surface area contributed by atoms with Crippen LogP contribution in [0.3, 0.4) is 0 Å². The molecule has 14 heavy (non-hydrogen) atoms. The van der Waals surface area contributed by atoms with E-state index in [1.807, 2.05) is 19.9 Å². The maximum Gasteiger partial charge on any atom is 0.251 e. The van der Waals surface area contributed by atoms with E-state index < -0.39 is 0 Å². The summed E-state index contributed by atoms with van der Waals surface area (Å²) in [6.45, 7) is 3.74. The molecule has 0 aliphatic rings. The summed E-state index contributed by atoms with van der Waals surface area (Å²) in [6, 6.07) is 1.85. The third-order valence-corrected chi connectivity index (χ3v) is 1.79. The number of azide groups is 1. The van der Waals surface area contributed by atoms with Crippen molar-refractivity contribution in [2.45, 2.75) is 27.8 Å². The Morgan fingerprint density at radius 3 is 2.71 bits per heavy atom. The number of rotatable bonds is 2. The average molecular weight is 194 g/mol. The highest BCUT2D eigenvalue weighted by molar-refractivity contribution is 5.24. The molecule has 0 radical (unpaired) electrons. The molecule has 0 aromatic carbocycles. The van der Waals surface area contributed by atoms with E-state index in [0.717, 1.165) is 11.3 Å². The van der Waals surface area contributed by atoms with Crippen LogP contribution in [0.5, 0.6) is 0 Å². The van der Waals surface area contributed by atoms with Crippen molar-refractivity contribution < 1.29 is 0 Å². The quantitative estimate of drug-likeness (QED) is 0.438. The highest BCUT2D eigenvalue weighted by atomic mass is 16.1. The molecule has 0 saturated heterocycles. The molecule has 1 aromatic rings. The van der Waals surface area contributed by atoms with E-state index in [4.69, 9.17) is 5.53 Å². The Morgan fingerprint density at radius 1 is 1.57 bits per heavy atom. The van der Waals surface area contributed by atoms with Gasteiger partial charge in [-0.3, -0.25) is 4.79 Å². The van der Waals surface area contributed by atoms with E-state index in [1.165, 1.54) is 0 Å². The second kappa shape index (κ2) is 5.09. The number of nitrogens with one attached hydrogen (secondary N) is 1. The van der Waals surface area contributed by atoms with Gasteiger partial charge in [-0.1, -0.05) is 12.5 Å². The molecule has 0 saturated carbocycles. The van der Waals surface area contributed by atoms with Gasteiger partial charge in [0.15, 0.2) is 0 Å². The third kappa shape index (κ3) is 2.64. The average Bonchev–Trinajstić information content (AvgIpc) is 2.02. The van der Waals surface area contributed by atoms with Crippen LogP contribution in [-0.4, -0.2) is 4.98 Å². The van der Waals surface area contributed by atoms with Gasteiger partial charge in [0.2, 0.25) is 0 Å². The predicted molar refractivity (Wildman–Crippen MR) is 56.1 cm³/mol. The van der Waals surface area contributed by atoms with Crippen LogP contribution >= 0.6 is 0 Å². The van der Waals surface area contributed by atoms with Gasteiger partial charge in [-0.15, -0.1) is 0 Å². The van der Waals surface area contributed by atoms with Gasteiger partial charge in [-0.25, -0.2) is 0 Å². The smallest absolute Gasteiger partial charge is 0.251 e. The largest absolute Gasteiger partial charge is 0.326 e. The van der Waals surface area contributed by atoms with Gasteiger partial charge in [0.25, 0.3) is 5.56 Å². The number of H-pyrrole nitrogens is 1. The lowest BCUT2D eigenvalue weighted by molar-refractivity contribution is 0.964. The van der Waals surface area contributed by atoms with Crippen molar-refractivity contribution in [1.82, 2.24) is 4.98 Å². The van der Waals surface area contributed by atoms with Crippen LogP contribution in [0.2, 0.25) is 0 Å². The minimum absolute atomic E-state index is 0. The van der Waals surface area contributed by atoms with Gasteiger partial charge in [0.1, 0.15) is 0 Å². The van der Waals surface area contributed by atoms with Crippen molar-refractivity contribution >= 4 is 0 Å². The van der Waals surface area contributed by atoms with Crippen LogP contribution in [0.1, 0.15) is 24.2 Å². The molecule has 76 valence electrons. The van der Waals surface area contributed by atoms with Crippen molar-refractivity contribution in [3.05, 3.63) is 43.7 Å². The first-order valence-electron chi connectivity index (χ1n) is 3.85. The third-order valence-electron chi connectivity index (χ3n) is 1.79. The number of hydrogen-bond acceptors (Lipinski definition) is 2. The van der Waals surface area contributed by atoms with Crippen LogP contribution in [0.25, 0.3) is 10.4 Å². The van der Waals surface area contributed by atoms with Gasteiger partial charge >= 0.3 is 0 Å². The van der Waals surface area contributed by atoms with E-state index in [2.05, 4.69) is 15.0 Å². The summed E-state index contributed by atoms with van der Waals surface area (Å²) in [6.07, 6.45) is 0. The summed E-state index contributed by atoms with van der Waals surface area (Å²) in [5, 5.41) is 3.35. The molecule has 0 spiro atoms. The van der Waals surface area contributed by atoms with E-state index in [9.17, 15) is 4.79 Å². The molecular formula is C9H14N4O. The summed E-state index contributed by atoms with van der Waals surface area (Å²) in [5.74, 6) is 0. The predicted octanol–water partition coefficient (Wildman–Crippen LogP) is 2.44. The Hall–Kier alpha value is -1.74. The highest BCUT2D eigenvalue weighted by Gasteiger charge is 2.02. The molecule has 1 heterocycles. The monoisotopic (exact) mass is 194 g/mol. The summed E-state index contributed by atoms with van der Waals surface area (Å²) < 4.78 is 0. The SMILES string of the molecule is C.Cc1cc(C)c(CN=[N+]=[N-])c(=O)[nH]1. The maximum absolute atomic E-state index is 11.3. The van der Waals surface area contributed by atoms with Crippen LogP contribution in [0.15, 0.2) is 16.0 Å². The van der Waals surface area contributed by atoms with Crippen LogP contribution in [0.4, 0.5) is 0 Å². The van der Waals surface area contributed by atoms with Gasteiger partial charge in [0, 0.05) is 16.2 Å². The Kier molecular flexibility index (Phi) is 4.46. The number of nitrogens with zero attached hydrogens (tertiary/aromatic N) is 3. The molecule has 0 aliphatic heterocycles. The van der Waals surface area contributed by atoms with E-state index in [-0.39, 0.29) is 19.5 Å². The molecule has 5 heteroatoms. The molecule has 0 unspecified atom stereocenters. The fourth-order valence-electron chi connectivity index (χ4n) is 1.18. The van der Waals surface area contributed by atoms with Crippen LogP contribution in [-0.2, 0) is 6.54 Å². The Labute approximate surface area is 82.4 Å². The molecule has 5 nitrogen and oxygen atoms in total. The fraction of sp³-hybridized carbons (Fsp3) is 0.444. The van der Waals surface area contributed by atoms with Gasteiger partial charge in [0.05, 0.1) is 6.54 Å². The Bertz CT molecular complexity index is 415. The normalized spacial score (nSPS) is 8.71. The Morgan fingerprint density at radius 2 is 2.21 bits per heavy atom. The zero-order chi connectivity index (χ0) is 9.84. The first-order valence-corrected chi connectivity index (χ1v) is 3.85. The molecule has 0 amide bonds. The number of aryl methyl sites for hydroxylation is 2. The molecule has 1 rings (SSSR count). The molecule has 0 atom stereocenters. The molecular weight excluding hydrogens is 180 g/mol. The molecule has 1 aromatic heterocycles. The lowest BCUT2D eigenvalue weighted by Gasteiger charge is -2.01. The van der Waals surface area contributed by atoms with E-state index in [0.29, 0.717) is 5.56 Å². The van der Waals surface area contributed by atoms with Gasteiger partial charge in [-0.05, 0) is 31.0 Å². The van der Waals surface area contributed by atoms with Gasteiger partial charge in [-0.2, -0.15) is 0 Å². The van der Waals surface area contributed by atoms with Crippen molar-refractivity contribution in [2.75, 3.05) is 0 Å². The standard InChI is InChI=1S/C8H10N4O.CH4/c1-5-3-6(2)11-8(13)7(5)4-10-12-9;/h3H,4H2,1-2H3,(H,11,13);1H4. The number of aromatic amines is 1. The van der Waals surface area contributed by atoms with Crippen molar-refractivity contribution in [2.24, 2.45) is 5.11 Å². The molecule has 0 aliphatic carbocycles. The first-order chi connectivity index (χ1) is 6.15. The lowest BCUT2D eigenvalue weighted by Crippen LogP contribution is -2.14. The molecule has 1 N–H and O–H groups in total. The topological polar surface area (TPSA) is 81.6 Å².